The number of benzene rings is 2. The van der Waals surface area contributed by atoms with Crippen molar-refractivity contribution in [2.45, 2.75) is 12.9 Å². The smallest absolute Gasteiger partial charge is 0.406 e. The molecular weight excluding hydrogens is 394 g/mol. The number of ether oxygens (including phenoxy) is 1. The van der Waals surface area contributed by atoms with Gasteiger partial charge in [-0.05, 0) is 57.9 Å². The fourth-order valence-corrected chi connectivity index (χ4v) is 1.99. The first kappa shape index (κ1) is 18.1. The number of guanidine groups is 1. The molecule has 0 aromatic heterocycles. The van der Waals surface area contributed by atoms with Crippen molar-refractivity contribution in [2.24, 2.45) is 10.7 Å². The molecule has 0 aliphatic rings. The van der Waals surface area contributed by atoms with E-state index in [0.717, 1.165) is 12.1 Å². The zero-order chi connectivity index (χ0) is 17.7. The third-order valence-electron chi connectivity index (χ3n) is 2.78. The minimum Gasteiger partial charge on any atom is -0.406 e. The van der Waals surface area contributed by atoms with Crippen molar-refractivity contribution in [2.75, 3.05) is 5.32 Å². The molecule has 0 aliphatic carbocycles. The molecule has 0 spiro atoms. The molecule has 9 heteroatoms. The number of rotatable bonds is 4. The molecule has 0 bridgehead atoms. The van der Waals surface area contributed by atoms with E-state index < -0.39 is 12.2 Å². The van der Waals surface area contributed by atoms with Gasteiger partial charge in [-0.15, -0.1) is 13.2 Å². The van der Waals surface area contributed by atoms with Crippen LogP contribution in [-0.2, 0) is 6.54 Å². The van der Waals surface area contributed by atoms with Gasteiger partial charge in [0.1, 0.15) is 11.6 Å². The van der Waals surface area contributed by atoms with Crippen molar-refractivity contribution in [1.29, 1.82) is 0 Å². The van der Waals surface area contributed by atoms with Gasteiger partial charge >= 0.3 is 6.36 Å². The Morgan fingerprint density at radius 2 is 1.83 bits per heavy atom. The Morgan fingerprint density at radius 3 is 2.42 bits per heavy atom. The molecule has 2 rings (SSSR count). The monoisotopic (exact) mass is 405 g/mol. The van der Waals surface area contributed by atoms with Crippen LogP contribution in [0.15, 0.2) is 51.9 Å². The summed E-state index contributed by atoms with van der Waals surface area (Å²) >= 11 is 3.05. The zero-order valence-corrected chi connectivity index (χ0v) is 13.7. The van der Waals surface area contributed by atoms with Crippen LogP contribution in [0.2, 0.25) is 0 Å². The van der Waals surface area contributed by atoms with Crippen LogP contribution in [0, 0.1) is 5.82 Å². The molecule has 0 unspecified atom stereocenters. The highest BCUT2D eigenvalue weighted by atomic mass is 79.9. The van der Waals surface area contributed by atoms with Crippen LogP contribution in [0.3, 0.4) is 0 Å². The third kappa shape index (κ3) is 5.73. The fourth-order valence-electron chi connectivity index (χ4n) is 1.74. The first-order valence-corrected chi connectivity index (χ1v) is 7.39. The molecule has 24 heavy (non-hydrogen) atoms. The Hall–Kier alpha value is -2.29. The summed E-state index contributed by atoms with van der Waals surface area (Å²) in [5.74, 6) is -0.703. The molecule has 0 fully saturated rings. The van der Waals surface area contributed by atoms with Gasteiger partial charge in [0.2, 0.25) is 0 Å². The van der Waals surface area contributed by atoms with Gasteiger partial charge in [-0.1, -0.05) is 6.07 Å². The molecule has 0 atom stereocenters. The molecule has 0 radical (unpaired) electrons. The summed E-state index contributed by atoms with van der Waals surface area (Å²) < 4.78 is 53.7. The number of nitrogens with zero attached hydrogens (tertiary/aromatic N) is 1. The van der Waals surface area contributed by atoms with Crippen LogP contribution in [-0.4, -0.2) is 12.3 Å². The van der Waals surface area contributed by atoms with Gasteiger partial charge in [0, 0.05) is 5.69 Å². The summed E-state index contributed by atoms with van der Waals surface area (Å²) in [5, 5.41) is 2.72. The molecule has 0 amide bonds. The van der Waals surface area contributed by atoms with E-state index >= 15 is 0 Å². The lowest BCUT2D eigenvalue weighted by atomic mass is 10.2. The summed E-state index contributed by atoms with van der Waals surface area (Å²) in [5.41, 5.74) is 6.74. The van der Waals surface area contributed by atoms with Gasteiger partial charge in [0.15, 0.2) is 5.96 Å². The predicted molar refractivity (Wildman–Crippen MR) is 86.2 cm³/mol. The summed E-state index contributed by atoms with van der Waals surface area (Å²) in [7, 11) is 0. The van der Waals surface area contributed by atoms with Crippen molar-refractivity contribution in [3.8, 4) is 5.75 Å². The normalized spacial score (nSPS) is 12.1. The van der Waals surface area contributed by atoms with E-state index in [1.165, 1.54) is 18.2 Å². The van der Waals surface area contributed by atoms with E-state index in [1.54, 1.807) is 12.1 Å². The fraction of sp³-hybridized carbons (Fsp3) is 0.133. The van der Waals surface area contributed by atoms with Gasteiger partial charge in [0.25, 0.3) is 0 Å². The number of nitrogens with one attached hydrogen (secondary N) is 1. The standard InChI is InChI=1S/C15H12BrF4N3O/c16-12-6-1-9(7-13(12)17)8-22-14(21)23-10-2-4-11(5-3-10)24-15(18,19)20/h1-7H,8H2,(H3,21,22,23). The SMILES string of the molecule is NC(=NCc1ccc(Br)c(F)c1)Nc1ccc(OC(F)(F)F)cc1. The second-order valence-electron chi connectivity index (χ2n) is 4.65. The van der Waals surface area contributed by atoms with Gasteiger partial charge in [-0.25, -0.2) is 9.38 Å². The molecule has 0 heterocycles. The number of nitrogens with two attached hydrogens (primary N) is 1. The van der Waals surface area contributed by atoms with E-state index in [0.29, 0.717) is 15.7 Å². The molecule has 2 aromatic rings. The van der Waals surface area contributed by atoms with E-state index in [2.05, 4.69) is 31.0 Å². The third-order valence-corrected chi connectivity index (χ3v) is 3.42. The molecule has 4 nitrogen and oxygen atoms in total. The number of anilines is 1. The van der Waals surface area contributed by atoms with Crippen LogP contribution in [0.25, 0.3) is 0 Å². The Kier molecular flexibility index (Phi) is 5.66. The van der Waals surface area contributed by atoms with Crippen molar-refractivity contribution in [1.82, 2.24) is 0 Å². The molecule has 3 N–H and O–H groups in total. The lowest BCUT2D eigenvalue weighted by Crippen LogP contribution is -2.22. The summed E-state index contributed by atoms with van der Waals surface area (Å²) in [6.07, 6.45) is -4.74. The van der Waals surface area contributed by atoms with Crippen LogP contribution in [0.5, 0.6) is 5.75 Å². The van der Waals surface area contributed by atoms with E-state index in [-0.39, 0.29) is 18.3 Å². The largest absolute Gasteiger partial charge is 0.573 e. The quantitative estimate of drug-likeness (QED) is 0.449. The number of halogens is 5. The molecular formula is C15H12BrF4N3O. The van der Waals surface area contributed by atoms with Crippen LogP contribution in [0.4, 0.5) is 23.2 Å². The van der Waals surface area contributed by atoms with Crippen LogP contribution in [0.1, 0.15) is 5.56 Å². The maximum Gasteiger partial charge on any atom is 0.573 e. The Bertz CT molecular complexity index is 732. The van der Waals surface area contributed by atoms with Crippen LogP contribution < -0.4 is 15.8 Å². The van der Waals surface area contributed by atoms with Crippen molar-refractivity contribution >= 4 is 27.6 Å². The molecule has 0 aliphatic heterocycles. The average Bonchev–Trinajstić information content (AvgIpc) is 2.49. The first-order valence-electron chi connectivity index (χ1n) is 6.59. The van der Waals surface area contributed by atoms with E-state index in [9.17, 15) is 17.6 Å². The predicted octanol–water partition coefficient (Wildman–Crippen LogP) is 4.41. The first-order chi connectivity index (χ1) is 11.2. The van der Waals surface area contributed by atoms with Crippen molar-refractivity contribution < 1.29 is 22.3 Å². The summed E-state index contributed by atoms with van der Waals surface area (Å²) in [6, 6.07) is 9.59. The topological polar surface area (TPSA) is 59.6 Å². The molecule has 2 aromatic carbocycles. The Balaban J connectivity index is 1.95. The number of alkyl halides is 3. The number of hydrogen-bond donors (Lipinski definition) is 2. The van der Waals surface area contributed by atoms with Crippen LogP contribution >= 0.6 is 15.9 Å². The highest BCUT2D eigenvalue weighted by Crippen LogP contribution is 2.24. The maximum absolute atomic E-state index is 13.4. The highest BCUT2D eigenvalue weighted by molar-refractivity contribution is 9.10. The van der Waals surface area contributed by atoms with E-state index in [1.807, 2.05) is 0 Å². The lowest BCUT2D eigenvalue weighted by Gasteiger charge is -2.10. The molecule has 0 saturated carbocycles. The zero-order valence-electron chi connectivity index (χ0n) is 12.1. The number of aliphatic imine (C=N–C) groups is 1. The molecule has 0 saturated heterocycles. The average molecular weight is 406 g/mol. The summed E-state index contributed by atoms with van der Waals surface area (Å²) in [6.45, 7) is 0.151. The lowest BCUT2D eigenvalue weighted by molar-refractivity contribution is -0.274. The second kappa shape index (κ2) is 7.52. The van der Waals surface area contributed by atoms with Gasteiger partial charge in [-0.3, -0.25) is 0 Å². The Morgan fingerprint density at radius 1 is 1.17 bits per heavy atom. The summed E-state index contributed by atoms with van der Waals surface area (Å²) in [4.78, 5) is 4.03. The van der Waals surface area contributed by atoms with E-state index in [4.69, 9.17) is 5.73 Å². The Labute approximate surface area is 143 Å². The minimum atomic E-state index is -4.74. The van der Waals surface area contributed by atoms with Crippen molar-refractivity contribution in [3.05, 3.63) is 58.3 Å². The minimum absolute atomic E-state index is 0.0443. The molecule has 128 valence electrons. The maximum atomic E-state index is 13.4. The van der Waals surface area contributed by atoms with Gasteiger partial charge in [-0.2, -0.15) is 0 Å². The highest BCUT2D eigenvalue weighted by Gasteiger charge is 2.30. The van der Waals surface area contributed by atoms with Crippen molar-refractivity contribution in [3.63, 3.8) is 0 Å². The number of hydrogen-bond acceptors (Lipinski definition) is 2. The van der Waals surface area contributed by atoms with Gasteiger partial charge in [0.05, 0.1) is 11.0 Å². The second-order valence-corrected chi connectivity index (χ2v) is 5.50. The van der Waals surface area contributed by atoms with Gasteiger partial charge < -0.3 is 15.8 Å².